The van der Waals surface area contributed by atoms with Gasteiger partial charge in [-0.15, -0.1) is 0 Å². The largest absolute Gasteiger partial charge is 0.494 e. The topological polar surface area (TPSA) is 51.2 Å². The number of aliphatic hydroxyl groups excluding tert-OH is 1. The smallest absolute Gasteiger partial charge is 0.491 e. The van der Waals surface area contributed by atoms with Crippen molar-refractivity contribution in [3.63, 3.8) is 0 Å². The van der Waals surface area contributed by atoms with Crippen molar-refractivity contribution >= 4 is 12.6 Å². The van der Waals surface area contributed by atoms with E-state index in [2.05, 4.69) is 46.4 Å². The molecule has 3 atom stereocenters. The zero-order chi connectivity index (χ0) is 20.5. The summed E-state index contributed by atoms with van der Waals surface area (Å²) in [6.45, 7) is 15.9. The second-order valence-electron chi connectivity index (χ2n) is 9.79. The number of benzene rings is 1. The van der Waals surface area contributed by atoms with Gasteiger partial charge in [0.05, 0.1) is 11.2 Å². The van der Waals surface area contributed by atoms with Crippen LogP contribution < -0.4 is 10.2 Å². The van der Waals surface area contributed by atoms with Gasteiger partial charge in [-0.3, -0.25) is 0 Å². The molecule has 0 aromatic heterocycles. The summed E-state index contributed by atoms with van der Waals surface area (Å²) in [4.78, 5) is 2.36. The Balaban J connectivity index is 1.48. The van der Waals surface area contributed by atoms with Crippen molar-refractivity contribution in [2.24, 2.45) is 11.8 Å². The van der Waals surface area contributed by atoms with Crippen molar-refractivity contribution in [1.82, 2.24) is 4.90 Å². The Labute approximate surface area is 170 Å². The molecule has 1 aromatic rings. The predicted molar refractivity (Wildman–Crippen MR) is 113 cm³/mol. The number of aliphatic hydroxyl groups is 1. The molecule has 0 saturated carbocycles. The molecule has 6 heteroatoms. The second kappa shape index (κ2) is 8.35. The predicted octanol–water partition coefficient (Wildman–Crippen LogP) is 2.70. The van der Waals surface area contributed by atoms with Crippen LogP contribution in [-0.4, -0.2) is 60.7 Å². The molecule has 3 rings (SSSR count). The molecule has 28 heavy (non-hydrogen) atoms. The summed E-state index contributed by atoms with van der Waals surface area (Å²) in [5.41, 5.74) is 0.281. The van der Waals surface area contributed by atoms with Crippen LogP contribution in [-0.2, 0) is 9.31 Å². The maximum Gasteiger partial charge on any atom is 0.494 e. The van der Waals surface area contributed by atoms with Crippen molar-refractivity contribution in [1.29, 1.82) is 0 Å². The van der Waals surface area contributed by atoms with Crippen molar-refractivity contribution in [3.05, 3.63) is 24.3 Å². The summed E-state index contributed by atoms with van der Waals surface area (Å²) in [5.74, 6) is 2.14. The van der Waals surface area contributed by atoms with Gasteiger partial charge in [0, 0.05) is 19.6 Å². The van der Waals surface area contributed by atoms with Crippen molar-refractivity contribution in [2.45, 2.75) is 65.3 Å². The lowest BCUT2D eigenvalue weighted by atomic mass is 9.79. The molecule has 1 N–H and O–H groups in total. The van der Waals surface area contributed by atoms with Crippen molar-refractivity contribution in [2.75, 3.05) is 26.2 Å². The maximum absolute atomic E-state index is 10.4. The Bertz CT molecular complexity index is 622. The van der Waals surface area contributed by atoms with Gasteiger partial charge in [0.25, 0.3) is 0 Å². The third-order valence-electron chi connectivity index (χ3n) is 6.26. The van der Waals surface area contributed by atoms with E-state index < -0.39 is 6.10 Å². The molecule has 3 unspecified atom stereocenters. The van der Waals surface area contributed by atoms with Gasteiger partial charge in [0.2, 0.25) is 0 Å². The van der Waals surface area contributed by atoms with Gasteiger partial charge in [-0.25, -0.2) is 0 Å². The third-order valence-corrected chi connectivity index (χ3v) is 6.26. The van der Waals surface area contributed by atoms with Crippen LogP contribution in [0, 0.1) is 11.8 Å². The minimum atomic E-state index is -0.486. The van der Waals surface area contributed by atoms with Crippen LogP contribution in [0.2, 0.25) is 0 Å². The fourth-order valence-electron chi connectivity index (χ4n) is 4.18. The zero-order valence-electron chi connectivity index (χ0n) is 18.3. The normalized spacial score (nSPS) is 28.3. The Kier molecular flexibility index (Phi) is 6.45. The fraction of sp³-hybridized carbons (Fsp3) is 0.727. The molecule has 2 fully saturated rings. The molecular weight excluding hydrogens is 353 g/mol. The van der Waals surface area contributed by atoms with Crippen LogP contribution in [0.4, 0.5) is 0 Å². The number of hydrogen-bond acceptors (Lipinski definition) is 5. The Hall–Kier alpha value is -1.08. The van der Waals surface area contributed by atoms with Crippen molar-refractivity contribution < 1.29 is 19.2 Å². The van der Waals surface area contributed by atoms with Crippen LogP contribution >= 0.6 is 0 Å². The standard InChI is InChI=1S/C22H36BNO4/c1-16-11-17(2)13-24(12-16)14-19(25)15-26-20-9-7-18(8-10-20)23-27-21(3,4)22(5,6)28-23/h7-10,16-17,19,25H,11-15H2,1-6H3. The highest BCUT2D eigenvalue weighted by atomic mass is 16.7. The number of hydrogen-bond donors (Lipinski definition) is 1. The first kappa shape index (κ1) is 21.6. The number of β-amino-alcohol motifs (C(OH)–C–C–N with tert-alkyl or cyclic N) is 1. The van der Waals surface area contributed by atoms with Gasteiger partial charge >= 0.3 is 7.12 Å². The molecule has 2 saturated heterocycles. The highest BCUT2D eigenvalue weighted by Gasteiger charge is 2.51. The van der Waals surface area contributed by atoms with E-state index in [0.717, 1.165) is 24.3 Å². The Morgan fingerprint density at radius 2 is 1.61 bits per heavy atom. The minimum Gasteiger partial charge on any atom is -0.491 e. The Morgan fingerprint density at radius 3 is 2.14 bits per heavy atom. The maximum atomic E-state index is 10.4. The van der Waals surface area contributed by atoms with Gasteiger partial charge in [0.15, 0.2) is 0 Å². The number of likely N-dealkylation sites (tertiary alicyclic amines) is 1. The molecule has 2 aliphatic rings. The molecule has 1 aromatic carbocycles. The molecule has 0 radical (unpaired) electrons. The van der Waals surface area contributed by atoms with Gasteiger partial charge < -0.3 is 24.1 Å². The van der Waals surface area contributed by atoms with Crippen LogP contribution in [0.3, 0.4) is 0 Å². The minimum absolute atomic E-state index is 0.301. The average Bonchev–Trinajstić information content (AvgIpc) is 2.80. The van der Waals surface area contributed by atoms with E-state index in [4.69, 9.17) is 14.0 Å². The molecule has 5 nitrogen and oxygen atoms in total. The van der Waals surface area contributed by atoms with E-state index in [-0.39, 0.29) is 18.3 Å². The highest BCUT2D eigenvalue weighted by molar-refractivity contribution is 6.62. The highest BCUT2D eigenvalue weighted by Crippen LogP contribution is 2.36. The van der Waals surface area contributed by atoms with Crippen LogP contribution in [0.1, 0.15) is 48.0 Å². The molecule has 2 heterocycles. The van der Waals surface area contributed by atoms with Gasteiger partial charge in [-0.1, -0.05) is 26.0 Å². The van der Waals surface area contributed by atoms with E-state index in [0.29, 0.717) is 25.0 Å². The van der Waals surface area contributed by atoms with E-state index >= 15 is 0 Å². The van der Waals surface area contributed by atoms with Crippen LogP contribution in [0.15, 0.2) is 24.3 Å². The second-order valence-corrected chi connectivity index (χ2v) is 9.79. The van der Waals surface area contributed by atoms with E-state index in [1.165, 1.54) is 6.42 Å². The lowest BCUT2D eigenvalue weighted by Crippen LogP contribution is -2.44. The fourth-order valence-corrected chi connectivity index (χ4v) is 4.18. The summed E-state index contributed by atoms with van der Waals surface area (Å²) in [6, 6.07) is 7.77. The molecule has 0 aliphatic carbocycles. The summed E-state index contributed by atoms with van der Waals surface area (Å²) in [5, 5.41) is 10.4. The van der Waals surface area contributed by atoms with E-state index in [1.807, 2.05) is 24.3 Å². The SMILES string of the molecule is CC1CC(C)CN(CC(O)COc2ccc(B3OC(C)(C)C(C)(C)O3)cc2)C1. The average molecular weight is 389 g/mol. The lowest BCUT2D eigenvalue weighted by molar-refractivity contribution is 0.00578. The first-order valence-electron chi connectivity index (χ1n) is 10.5. The number of rotatable bonds is 6. The van der Waals surface area contributed by atoms with Gasteiger partial charge in [-0.05, 0) is 63.5 Å². The third kappa shape index (κ3) is 5.09. The lowest BCUT2D eigenvalue weighted by Gasteiger charge is -2.35. The van der Waals surface area contributed by atoms with Gasteiger partial charge in [-0.2, -0.15) is 0 Å². The van der Waals surface area contributed by atoms with E-state index in [1.54, 1.807) is 0 Å². The monoisotopic (exact) mass is 389 g/mol. The van der Waals surface area contributed by atoms with Crippen molar-refractivity contribution in [3.8, 4) is 5.75 Å². The Morgan fingerprint density at radius 1 is 1.07 bits per heavy atom. The number of nitrogens with zero attached hydrogens (tertiary/aromatic N) is 1. The first-order valence-corrected chi connectivity index (χ1v) is 10.5. The zero-order valence-corrected chi connectivity index (χ0v) is 18.3. The quantitative estimate of drug-likeness (QED) is 0.759. The summed E-state index contributed by atoms with van der Waals surface area (Å²) in [7, 11) is -0.368. The van der Waals surface area contributed by atoms with Crippen LogP contribution in [0.5, 0.6) is 5.75 Å². The number of ether oxygens (including phenoxy) is 1. The van der Waals surface area contributed by atoms with Crippen LogP contribution in [0.25, 0.3) is 0 Å². The molecule has 0 bridgehead atoms. The van der Waals surface area contributed by atoms with Gasteiger partial charge in [0.1, 0.15) is 18.5 Å². The summed E-state index contributed by atoms with van der Waals surface area (Å²) in [6.07, 6.45) is 0.790. The first-order chi connectivity index (χ1) is 13.1. The molecule has 156 valence electrons. The number of piperidine rings is 1. The molecule has 0 spiro atoms. The van der Waals surface area contributed by atoms with E-state index in [9.17, 15) is 5.11 Å². The molecule has 2 aliphatic heterocycles. The summed E-state index contributed by atoms with van der Waals surface area (Å²) < 4.78 is 18.0. The molecule has 0 amide bonds. The summed E-state index contributed by atoms with van der Waals surface area (Å²) >= 11 is 0. The molecular formula is C22H36BNO4.